The van der Waals surface area contributed by atoms with Gasteiger partial charge in [-0.2, -0.15) is 0 Å². The Morgan fingerprint density at radius 2 is 2.17 bits per heavy atom. The van der Waals surface area contributed by atoms with Crippen molar-refractivity contribution in [3.05, 3.63) is 23.5 Å². The molecular formula is C10H14N2. The van der Waals surface area contributed by atoms with Crippen LogP contribution in [0.4, 0.5) is 5.69 Å². The second-order valence-electron chi connectivity index (χ2n) is 3.51. The largest absolute Gasteiger partial charge is 0.381 e. The molecule has 1 fully saturated rings. The molecule has 0 spiro atoms. The molecule has 2 rings (SSSR count). The molecule has 0 radical (unpaired) electrons. The van der Waals surface area contributed by atoms with E-state index in [9.17, 15) is 0 Å². The van der Waals surface area contributed by atoms with E-state index < -0.39 is 0 Å². The molecule has 1 heterocycles. The normalized spacial score (nSPS) is 16.2. The maximum Gasteiger partial charge on any atom is 0.0606 e. The fourth-order valence-corrected chi connectivity index (χ4v) is 1.34. The summed E-state index contributed by atoms with van der Waals surface area (Å²) in [6, 6.07) is 2.77. The number of hydrogen-bond donors (Lipinski definition) is 1. The van der Waals surface area contributed by atoms with Crippen LogP contribution in [0, 0.1) is 13.8 Å². The Balaban J connectivity index is 2.26. The molecule has 12 heavy (non-hydrogen) atoms. The summed E-state index contributed by atoms with van der Waals surface area (Å²) in [5.41, 5.74) is 3.65. The number of aromatic nitrogens is 1. The van der Waals surface area contributed by atoms with Crippen molar-refractivity contribution in [3.8, 4) is 0 Å². The van der Waals surface area contributed by atoms with Crippen LogP contribution < -0.4 is 5.32 Å². The van der Waals surface area contributed by atoms with Gasteiger partial charge in [0.1, 0.15) is 0 Å². The van der Waals surface area contributed by atoms with Crippen LogP contribution in [0.5, 0.6) is 0 Å². The highest BCUT2D eigenvalue weighted by Gasteiger charge is 2.22. The first-order chi connectivity index (χ1) is 5.77. The van der Waals surface area contributed by atoms with Gasteiger partial charge in [-0.25, -0.2) is 0 Å². The second kappa shape index (κ2) is 2.77. The van der Waals surface area contributed by atoms with E-state index in [0.29, 0.717) is 6.04 Å². The summed E-state index contributed by atoms with van der Waals surface area (Å²) in [7, 11) is 0. The first kappa shape index (κ1) is 7.59. The van der Waals surface area contributed by atoms with Crippen molar-refractivity contribution in [2.45, 2.75) is 32.7 Å². The predicted octanol–water partition coefficient (Wildman–Crippen LogP) is 2.27. The highest BCUT2D eigenvalue weighted by molar-refractivity contribution is 5.54. The van der Waals surface area contributed by atoms with Crippen LogP contribution in [-0.4, -0.2) is 11.0 Å². The third kappa shape index (κ3) is 1.42. The average molecular weight is 162 g/mol. The SMILES string of the molecule is Cc1ccnc(C)c1NC1CC1. The fourth-order valence-electron chi connectivity index (χ4n) is 1.34. The highest BCUT2D eigenvalue weighted by Crippen LogP contribution is 2.27. The third-order valence-electron chi connectivity index (χ3n) is 2.27. The summed E-state index contributed by atoms with van der Waals surface area (Å²) in [6.45, 7) is 4.18. The number of nitrogens with zero attached hydrogens (tertiary/aromatic N) is 1. The van der Waals surface area contributed by atoms with Crippen molar-refractivity contribution in [2.75, 3.05) is 5.32 Å². The molecule has 2 heteroatoms. The molecule has 0 aliphatic heterocycles. The standard InChI is InChI=1S/C10H14N2/c1-7-5-6-11-8(2)10(7)12-9-3-4-9/h5-6,9,12H,3-4H2,1-2H3. The Morgan fingerprint density at radius 3 is 2.75 bits per heavy atom. The predicted molar refractivity (Wildman–Crippen MR) is 50.4 cm³/mol. The van der Waals surface area contributed by atoms with E-state index in [0.717, 1.165) is 5.69 Å². The fraction of sp³-hybridized carbons (Fsp3) is 0.500. The molecule has 1 aliphatic carbocycles. The number of anilines is 1. The van der Waals surface area contributed by atoms with E-state index in [-0.39, 0.29) is 0 Å². The van der Waals surface area contributed by atoms with Crippen LogP contribution in [0.3, 0.4) is 0 Å². The van der Waals surface area contributed by atoms with Gasteiger partial charge in [0, 0.05) is 12.2 Å². The van der Waals surface area contributed by atoms with Gasteiger partial charge >= 0.3 is 0 Å². The summed E-state index contributed by atoms with van der Waals surface area (Å²) >= 11 is 0. The van der Waals surface area contributed by atoms with E-state index in [1.54, 1.807) is 0 Å². The lowest BCUT2D eigenvalue weighted by molar-refractivity contribution is 1.09. The summed E-state index contributed by atoms with van der Waals surface area (Å²) in [4.78, 5) is 4.26. The highest BCUT2D eigenvalue weighted by atomic mass is 15.0. The van der Waals surface area contributed by atoms with Gasteiger partial charge in [-0.05, 0) is 38.3 Å². The number of hydrogen-bond acceptors (Lipinski definition) is 2. The Labute approximate surface area is 73.0 Å². The van der Waals surface area contributed by atoms with Crippen molar-refractivity contribution < 1.29 is 0 Å². The lowest BCUT2D eigenvalue weighted by atomic mass is 10.2. The maximum atomic E-state index is 4.26. The summed E-state index contributed by atoms with van der Waals surface area (Å²) in [6.07, 6.45) is 4.49. The van der Waals surface area contributed by atoms with E-state index in [4.69, 9.17) is 0 Å². The first-order valence-electron chi connectivity index (χ1n) is 4.46. The quantitative estimate of drug-likeness (QED) is 0.721. The van der Waals surface area contributed by atoms with E-state index in [1.807, 2.05) is 6.20 Å². The monoisotopic (exact) mass is 162 g/mol. The van der Waals surface area contributed by atoms with Crippen molar-refractivity contribution in [2.24, 2.45) is 0 Å². The first-order valence-corrected chi connectivity index (χ1v) is 4.46. The molecule has 0 bridgehead atoms. The van der Waals surface area contributed by atoms with Gasteiger partial charge in [0.05, 0.1) is 11.4 Å². The molecule has 1 aliphatic rings. The molecule has 64 valence electrons. The molecule has 0 amide bonds. The molecular weight excluding hydrogens is 148 g/mol. The molecule has 1 saturated carbocycles. The third-order valence-corrected chi connectivity index (χ3v) is 2.27. The van der Waals surface area contributed by atoms with Gasteiger partial charge in [-0.1, -0.05) is 0 Å². The number of rotatable bonds is 2. The van der Waals surface area contributed by atoms with Crippen LogP contribution in [0.15, 0.2) is 12.3 Å². The van der Waals surface area contributed by atoms with Gasteiger partial charge in [0.2, 0.25) is 0 Å². The topological polar surface area (TPSA) is 24.9 Å². The van der Waals surface area contributed by atoms with Crippen molar-refractivity contribution in [1.29, 1.82) is 0 Å². The van der Waals surface area contributed by atoms with Gasteiger partial charge < -0.3 is 5.32 Å². The van der Waals surface area contributed by atoms with Crippen molar-refractivity contribution in [1.82, 2.24) is 4.98 Å². The Hall–Kier alpha value is -1.05. The van der Waals surface area contributed by atoms with E-state index in [2.05, 4.69) is 30.2 Å². The molecule has 0 saturated heterocycles. The molecule has 2 nitrogen and oxygen atoms in total. The Morgan fingerprint density at radius 1 is 1.42 bits per heavy atom. The Kier molecular flexibility index (Phi) is 1.75. The van der Waals surface area contributed by atoms with Gasteiger partial charge in [0.25, 0.3) is 0 Å². The molecule has 0 unspecified atom stereocenters. The summed E-state index contributed by atoms with van der Waals surface area (Å²) in [5, 5.41) is 3.49. The van der Waals surface area contributed by atoms with Crippen LogP contribution >= 0.6 is 0 Å². The van der Waals surface area contributed by atoms with Crippen LogP contribution in [0.2, 0.25) is 0 Å². The lowest BCUT2D eigenvalue weighted by Crippen LogP contribution is -2.05. The van der Waals surface area contributed by atoms with Crippen LogP contribution in [0.25, 0.3) is 0 Å². The molecule has 1 aromatic heterocycles. The zero-order chi connectivity index (χ0) is 8.55. The number of pyridine rings is 1. The van der Waals surface area contributed by atoms with E-state index in [1.165, 1.54) is 24.1 Å². The van der Waals surface area contributed by atoms with Gasteiger partial charge in [-0.3, -0.25) is 4.98 Å². The summed E-state index contributed by atoms with van der Waals surface area (Å²) in [5.74, 6) is 0. The van der Waals surface area contributed by atoms with Crippen LogP contribution in [-0.2, 0) is 0 Å². The number of nitrogens with one attached hydrogen (secondary N) is 1. The average Bonchev–Trinajstić information content (AvgIpc) is 2.80. The minimum Gasteiger partial charge on any atom is -0.381 e. The lowest BCUT2D eigenvalue weighted by Gasteiger charge is -2.09. The molecule has 0 aromatic carbocycles. The zero-order valence-electron chi connectivity index (χ0n) is 7.59. The molecule has 0 atom stereocenters. The van der Waals surface area contributed by atoms with Gasteiger partial charge in [0.15, 0.2) is 0 Å². The minimum atomic E-state index is 0.714. The van der Waals surface area contributed by atoms with Crippen molar-refractivity contribution >= 4 is 5.69 Å². The second-order valence-corrected chi connectivity index (χ2v) is 3.51. The van der Waals surface area contributed by atoms with Gasteiger partial charge in [-0.15, -0.1) is 0 Å². The Bertz CT molecular complexity index is 270. The smallest absolute Gasteiger partial charge is 0.0606 e. The molecule has 1 aromatic rings. The number of aryl methyl sites for hydroxylation is 2. The maximum absolute atomic E-state index is 4.26. The summed E-state index contributed by atoms with van der Waals surface area (Å²) < 4.78 is 0. The molecule has 1 N–H and O–H groups in total. The van der Waals surface area contributed by atoms with Crippen molar-refractivity contribution in [3.63, 3.8) is 0 Å². The van der Waals surface area contributed by atoms with E-state index >= 15 is 0 Å². The van der Waals surface area contributed by atoms with Crippen LogP contribution in [0.1, 0.15) is 24.1 Å². The minimum absolute atomic E-state index is 0.714. The zero-order valence-corrected chi connectivity index (χ0v) is 7.59.